The van der Waals surface area contributed by atoms with E-state index in [4.69, 9.17) is 5.11 Å². The van der Waals surface area contributed by atoms with Crippen LogP contribution in [0, 0.1) is 0 Å². The van der Waals surface area contributed by atoms with Gasteiger partial charge in [-0.05, 0) is 13.8 Å². The van der Waals surface area contributed by atoms with Gasteiger partial charge in [0.25, 0.3) is 0 Å². The molecule has 85 valence electrons. The molecular formula is C8H13N2O5. The Morgan fingerprint density at radius 1 is 1.13 bits per heavy atom. The van der Waals surface area contributed by atoms with Gasteiger partial charge in [0, 0.05) is 0 Å². The number of hydrogen-bond donors (Lipinski definition) is 3. The largest absolute Gasteiger partial charge is 0.480 e. The predicted molar refractivity (Wildman–Crippen MR) is 48.4 cm³/mol. The molecule has 0 aromatic carbocycles. The third-order valence-electron chi connectivity index (χ3n) is 1.63. The van der Waals surface area contributed by atoms with Crippen LogP contribution in [0.2, 0.25) is 0 Å². The number of rotatable bonds is 5. The molecule has 0 heterocycles. The van der Waals surface area contributed by atoms with E-state index < -0.39 is 36.5 Å². The fourth-order valence-corrected chi connectivity index (χ4v) is 0.749. The van der Waals surface area contributed by atoms with Gasteiger partial charge in [0.2, 0.25) is 11.8 Å². The molecule has 0 aliphatic carbocycles. The molecule has 0 aliphatic rings. The first-order chi connectivity index (χ1) is 6.88. The van der Waals surface area contributed by atoms with E-state index >= 15 is 0 Å². The fraction of sp³-hybridized carbons (Fsp3) is 0.625. The Bertz CT molecular complexity index is 266. The van der Waals surface area contributed by atoms with Crippen molar-refractivity contribution in [1.82, 2.24) is 10.6 Å². The van der Waals surface area contributed by atoms with Gasteiger partial charge in [0.05, 0.1) is 0 Å². The lowest BCUT2D eigenvalue weighted by Crippen LogP contribution is -2.49. The zero-order valence-corrected chi connectivity index (χ0v) is 8.44. The summed E-state index contributed by atoms with van der Waals surface area (Å²) in [5.74, 6) is -2.63. The van der Waals surface area contributed by atoms with E-state index in [-0.39, 0.29) is 0 Å². The minimum Gasteiger partial charge on any atom is -0.480 e. The van der Waals surface area contributed by atoms with Crippen molar-refractivity contribution in [2.24, 2.45) is 0 Å². The number of carbonyl (C=O) groups is 3. The maximum absolute atomic E-state index is 11.2. The Kier molecular flexibility index (Phi) is 5.32. The van der Waals surface area contributed by atoms with Gasteiger partial charge < -0.3 is 15.7 Å². The number of carboxylic acid groups (broad SMARTS) is 1. The number of amides is 2. The highest BCUT2D eigenvalue weighted by molar-refractivity contribution is 5.90. The van der Waals surface area contributed by atoms with Crippen molar-refractivity contribution in [2.45, 2.75) is 25.9 Å². The first-order valence-electron chi connectivity index (χ1n) is 4.29. The highest BCUT2D eigenvalue weighted by Gasteiger charge is 2.19. The topological polar surface area (TPSA) is 115 Å². The fourth-order valence-electron chi connectivity index (χ4n) is 0.749. The molecule has 0 saturated heterocycles. The average Bonchev–Trinajstić information content (AvgIpc) is 2.16. The second kappa shape index (κ2) is 5.97. The van der Waals surface area contributed by atoms with Crippen LogP contribution >= 0.6 is 0 Å². The van der Waals surface area contributed by atoms with Crippen LogP contribution < -0.4 is 10.6 Å². The van der Waals surface area contributed by atoms with Crippen LogP contribution in [-0.4, -0.2) is 41.6 Å². The van der Waals surface area contributed by atoms with Crippen LogP contribution in [-0.2, 0) is 19.5 Å². The summed E-state index contributed by atoms with van der Waals surface area (Å²) >= 11 is 0. The van der Waals surface area contributed by atoms with Crippen molar-refractivity contribution < 1.29 is 24.6 Å². The van der Waals surface area contributed by atoms with Crippen LogP contribution in [0.1, 0.15) is 13.8 Å². The minimum atomic E-state index is -1.18. The molecule has 7 nitrogen and oxygen atoms in total. The molecule has 3 N–H and O–H groups in total. The van der Waals surface area contributed by atoms with Crippen molar-refractivity contribution >= 4 is 17.8 Å². The molecule has 7 heteroatoms. The van der Waals surface area contributed by atoms with E-state index in [9.17, 15) is 19.5 Å². The molecule has 0 aromatic rings. The molecule has 0 bridgehead atoms. The maximum Gasteiger partial charge on any atom is 0.325 e. The van der Waals surface area contributed by atoms with E-state index in [2.05, 4.69) is 10.6 Å². The Labute approximate surface area is 86.5 Å². The standard InChI is InChI=1S/C8H13N2O5/c1-4(9-6(12)3-11)7(13)10-5(2)8(14)15/h4-5H,3H2,1-2H3,(H,9,12)(H,10,13)(H,14,15)/t4-,5-/m0/s1. The first kappa shape index (κ1) is 13.4. The van der Waals surface area contributed by atoms with Gasteiger partial charge in [0.1, 0.15) is 12.1 Å². The van der Waals surface area contributed by atoms with Gasteiger partial charge in [0.15, 0.2) is 6.61 Å². The Balaban J connectivity index is 4.10. The average molecular weight is 217 g/mol. The second-order valence-electron chi connectivity index (χ2n) is 3.00. The van der Waals surface area contributed by atoms with E-state index in [0.717, 1.165) is 0 Å². The summed E-state index contributed by atoms with van der Waals surface area (Å²) in [5.41, 5.74) is 0. The Morgan fingerprint density at radius 3 is 2.07 bits per heavy atom. The van der Waals surface area contributed by atoms with Crippen LogP contribution in [0.25, 0.3) is 0 Å². The Hall–Kier alpha value is -1.63. The summed E-state index contributed by atoms with van der Waals surface area (Å²) < 4.78 is 0. The number of nitrogens with one attached hydrogen (secondary N) is 2. The van der Waals surface area contributed by atoms with Crippen molar-refractivity contribution in [2.75, 3.05) is 6.61 Å². The first-order valence-corrected chi connectivity index (χ1v) is 4.29. The van der Waals surface area contributed by atoms with Crippen LogP contribution in [0.4, 0.5) is 0 Å². The van der Waals surface area contributed by atoms with Crippen molar-refractivity contribution in [3.63, 3.8) is 0 Å². The number of carboxylic acids is 1. The molecule has 15 heavy (non-hydrogen) atoms. The molecule has 0 fully saturated rings. The van der Waals surface area contributed by atoms with E-state index in [1.807, 2.05) is 0 Å². The number of aliphatic carboxylic acids is 1. The molecule has 2 amide bonds. The molecule has 0 rings (SSSR count). The van der Waals surface area contributed by atoms with Gasteiger partial charge in [-0.1, -0.05) is 0 Å². The number of carbonyl (C=O) groups excluding carboxylic acids is 2. The van der Waals surface area contributed by atoms with E-state index in [1.54, 1.807) is 0 Å². The van der Waals surface area contributed by atoms with Crippen LogP contribution in [0.5, 0.6) is 0 Å². The van der Waals surface area contributed by atoms with Gasteiger partial charge in [-0.15, -0.1) is 0 Å². The summed E-state index contributed by atoms with van der Waals surface area (Å²) in [4.78, 5) is 32.2. The lowest BCUT2D eigenvalue weighted by molar-refractivity contribution is -0.141. The molecule has 1 radical (unpaired) electrons. The molecule has 2 atom stereocenters. The maximum atomic E-state index is 11.2. The zero-order valence-electron chi connectivity index (χ0n) is 8.44. The molecule has 0 unspecified atom stereocenters. The van der Waals surface area contributed by atoms with E-state index in [0.29, 0.717) is 0 Å². The highest BCUT2D eigenvalue weighted by atomic mass is 16.4. The van der Waals surface area contributed by atoms with Crippen molar-refractivity contribution in [3.8, 4) is 0 Å². The van der Waals surface area contributed by atoms with Crippen LogP contribution in [0.3, 0.4) is 0 Å². The molecule has 0 spiro atoms. The van der Waals surface area contributed by atoms with Crippen molar-refractivity contribution in [3.05, 3.63) is 0 Å². The molecule has 0 aliphatic heterocycles. The van der Waals surface area contributed by atoms with Gasteiger partial charge in [-0.25, -0.2) is 5.11 Å². The minimum absolute atomic E-state index is 0.647. The zero-order chi connectivity index (χ0) is 12.0. The highest BCUT2D eigenvalue weighted by Crippen LogP contribution is 1.86. The second-order valence-corrected chi connectivity index (χ2v) is 3.00. The summed E-state index contributed by atoms with van der Waals surface area (Å²) in [6.07, 6.45) is 0. The van der Waals surface area contributed by atoms with Crippen LogP contribution in [0.15, 0.2) is 0 Å². The Morgan fingerprint density at radius 2 is 1.67 bits per heavy atom. The lowest BCUT2D eigenvalue weighted by atomic mass is 10.2. The van der Waals surface area contributed by atoms with E-state index in [1.165, 1.54) is 13.8 Å². The molecule has 0 saturated carbocycles. The van der Waals surface area contributed by atoms with Crippen molar-refractivity contribution in [1.29, 1.82) is 0 Å². The summed E-state index contributed by atoms with van der Waals surface area (Å²) in [6, 6.07) is -1.96. The lowest BCUT2D eigenvalue weighted by Gasteiger charge is -2.15. The van der Waals surface area contributed by atoms with Gasteiger partial charge in [-0.3, -0.25) is 14.4 Å². The SMILES string of the molecule is C[C@H](NC(=O)[C@H](C)NC(=O)C[O])C(=O)O. The number of hydrogen-bond acceptors (Lipinski definition) is 3. The molecule has 0 aromatic heterocycles. The van der Waals surface area contributed by atoms with Gasteiger partial charge >= 0.3 is 5.97 Å². The summed E-state index contributed by atoms with van der Waals surface area (Å²) in [6.45, 7) is 1.69. The van der Waals surface area contributed by atoms with Gasteiger partial charge in [-0.2, -0.15) is 0 Å². The monoisotopic (exact) mass is 217 g/mol. The quantitative estimate of drug-likeness (QED) is 0.520. The third-order valence-corrected chi connectivity index (χ3v) is 1.63. The molecular weight excluding hydrogens is 204 g/mol. The third kappa shape index (κ3) is 4.96. The predicted octanol–water partition coefficient (Wildman–Crippen LogP) is -1.49. The smallest absolute Gasteiger partial charge is 0.325 e. The summed E-state index contributed by atoms with van der Waals surface area (Å²) in [5, 5.41) is 22.8. The normalized spacial score (nSPS) is 13.8. The summed E-state index contributed by atoms with van der Waals surface area (Å²) in [7, 11) is 0.